The van der Waals surface area contributed by atoms with Crippen molar-refractivity contribution in [3.63, 3.8) is 0 Å². The molecule has 1 fully saturated rings. The van der Waals surface area contributed by atoms with Gasteiger partial charge < -0.3 is 20.1 Å². The molecular formula is C14H25F3N2O3. The summed E-state index contributed by atoms with van der Waals surface area (Å²) < 4.78 is 42.0. The van der Waals surface area contributed by atoms with Crippen molar-refractivity contribution >= 4 is 6.09 Å². The van der Waals surface area contributed by atoms with Crippen LogP contribution in [0.3, 0.4) is 0 Å². The van der Waals surface area contributed by atoms with E-state index in [4.69, 9.17) is 9.84 Å². The fourth-order valence-electron chi connectivity index (χ4n) is 2.20. The van der Waals surface area contributed by atoms with Crippen LogP contribution >= 0.6 is 0 Å². The number of rotatable bonds is 3. The van der Waals surface area contributed by atoms with Crippen molar-refractivity contribution in [1.82, 2.24) is 10.2 Å². The fourth-order valence-corrected chi connectivity index (χ4v) is 2.20. The second-order valence-electron chi connectivity index (χ2n) is 6.56. The van der Waals surface area contributed by atoms with Crippen molar-refractivity contribution in [2.24, 2.45) is 0 Å². The normalized spacial score (nSPS) is 22.1. The Morgan fingerprint density at radius 3 is 2.50 bits per heavy atom. The number of halogens is 3. The second-order valence-corrected chi connectivity index (χ2v) is 6.56. The number of ether oxygens (including phenoxy) is 1. The van der Waals surface area contributed by atoms with E-state index < -0.39 is 30.5 Å². The Labute approximate surface area is 128 Å². The van der Waals surface area contributed by atoms with Gasteiger partial charge in [0.25, 0.3) is 0 Å². The summed E-state index contributed by atoms with van der Waals surface area (Å²) in [6.07, 6.45) is -5.51. The lowest BCUT2D eigenvalue weighted by Gasteiger charge is -2.26. The number of nitrogens with one attached hydrogen (secondary N) is 1. The number of likely N-dealkylation sites (tertiary alicyclic amines) is 1. The highest BCUT2D eigenvalue weighted by atomic mass is 19.4. The summed E-state index contributed by atoms with van der Waals surface area (Å²) in [5.41, 5.74) is -0.572. The smallest absolute Gasteiger partial charge is 0.415 e. The first-order valence-electron chi connectivity index (χ1n) is 7.45. The van der Waals surface area contributed by atoms with Crippen molar-refractivity contribution in [2.75, 3.05) is 19.6 Å². The van der Waals surface area contributed by atoms with E-state index in [1.165, 1.54) is 0 Å². The Morgan fingerprint density at radius 1 is 1.32 bits per heavy atom. The number of alkyl halides is 3. The van der Waals surface area contributed by atoms with E-state index in [0.29, 0.717) is 32.4 Å². The van der Waals surface area contributed by atoms with Gasteiger partial charge in [0.1, 0.15) is 5.60 Å². The third-order valence-electron chi connectivity index (χ3n) is 3.36. The van der Waals surface area contributed by atoms with Gasteiger partial charge in [-0.2, -0.15) is 13.2 Å². The van der Waals surface area contributed by atoms with Gasteiger partial charge in [-0.3, -0.25) is 0 Å². The molecule has 1 heterocycles. The van der Waals surface area contributed by atoms with Crippen molar-refractivity contribution < 1.29 is 27.8 Å². The molecular weight excluding hydrogens is 301 g/mol. The average molecular weight is 326 g/mol. The molecule has 8 heteroatoms. The summed E-state index contributed by atoms with van der Waals surface area (Å²) in [6, 6.07) is -0.149. The minimum Gasteiger partial charge on any atom is -0.444 e. The Balaban J connectivity index is 2.41. The molecule has 0 aromatic heterocycles. The predicted molar refractivity (Wildman–Crippen MR) is 75.5 cm³/mol. The zero-order valence-electron chi connectivity index (χ0n) is 13.2. The van der Waals surface area contributed by atoms with Crippen molar-refractivity contribution in [2.45, 2.75) is 64.0 Å². The molecule has 1 aliphatic rings. The van der Waals surface area contributed by atoms with E-state index in [1.807, 2.05) is 0 Å². The number of amides is 1. The molecule has 0 aliphatic carbocycles. The van der Waals surface area contributed by atoms with Gasteiger partial charge in [-0.05, 0) is 40.0 Å². The Kier molecular flexibility index (Phi) is 6.49. The monoisotopic (exact) mass is 326 g/mol. The number of hydrogen-bond donors (Lipinski definition) is 2. The number of carbonyl (C=O) groups is 1. The van der Waals surface area contributed by atoms with Crippen LogP contribution < -0.4 is 5.32 Å². The molecule has 0 saturated carbocycles. The van der Waals surface area contributed by atoms with Crippen LogP contribution in [0.5, 0.6) is 0 Å². The minimum atomic E-state index is -4.61. The molecule has 1 aliphatic heterocycles. The molecule has 0 radical (unpaired) electrons. The summed E-state index contributed by atoms with van der Waals surface area (Å²) in [4.78, 5) is 13.5. The van der Waals surface area contributed by atoms with Crippen LogP contribution in [0.2, 0.25) is 0 Å². The largest absolute Gasteiger partial charge is 0.444 e. The number of nitrogens with zero attached hydrogens (tertiary/aromatic N) is 1. The van der Waals surface area contributed by atoms with Crippen molar-refractivity contribution in [3.8, 4) is 0 Å². The topological polar surface area (TPSA) is 61.8 Å². The standard InChI is InChI=1S/C14H25F3N2O3/c1-13(2,3)22-12(21)19-7-4-5-10(6-8-19)18-9-11(20)14(15,16)17/h10-11,18,20H,4-9H2,1-3H3. The molecule has 0 aromatic rings. The van der Waals surface area contributed by atoms with Crippen molar-refractivity contribution in [3.05, 3.63) is 0 Å². The number of aliphatic hydroxyl groups excluding tert-OH is 1. The summed E-state index contributed by atoms with van der Waals surface area (Å²) in [5.74, 6) is 0. The average Bonchev–Trinajstić information content (AvgIpc) is 2.58. The lowest BCUT2D eigenvalue weighted by Crippen LogP contribution is -2.43. The zero-order chi connectivity index (χ0) is 17.0. The molecule has 5 nitrogen and oxygen atoms in total. The summed E-state index contributed by atoms with van der Waals surface area (Å²) >= 11 is 0. The molecule has 22 heavy (non-hydrogen) atoms. The maximum absolute atomic E-state index is 12.2. The van der Waals surface area contributed by atoms with Crippen LogP contribution in [0.1, 0.15) is 40.0 Å². The van der Waals surface area contributed by atoms with Crippen LogP contribution in [-0.4, -0.2) is 59.7 Å². The molecule has 2 unspecified atom stereocenters. The third-order valence-corrected chi connectivity index (χ3v) is 3.36. The van der Waals surface area contributed by atoms with Gasteiger partial charge in [0, 0.05) is 25.7 Å². The Bertz CT molecular complexity index is 369. The Hall–Kier alpha value is -1.02. The maximum atomic E-state index is 12.2. The summed E-state index contributed by atoms with van der Waals surface area (Å²) in [5, 5.41) is 11.7. The van der Waals surface area contributed by atoms with E-state index in [9.17, 15) is 18.0 Å². The van der Waals surface area contributed by atoms with Gasteiger partial charge in [-0.1, -0.05) is 0 Å². The minimum absolute atomic E-state index is 0.149. The Morgan fingerprint density at radius 2 is 1.95 bits per heavy atom. The molecule has 0 bridgehead atoms. The van der Waals surface area contributed by atoms with Gasteiger partial charge >= 0.3 is 12.3 Å². The van der Waals surface area contributed by atoms with Crippen LogP contribution in [-0.2, 0) is 4.74 Å². The molecule has 2 atom stereocenters. The second kappa shape index (κ2) is 7.50. The highest BCUT2D eigenvalue weighted by Gasteiger charge is 2.38. The summed E-state index contributed by atoms with van der Waals surface area (Å²) in [6.45, 7) is 5.77. The lowest BCUT2D eigenvalue weighted by molar-refractivity contribution is -0.202. The van der Waals surface area contributed by atoms with Crippen LogP contribution in [0.15, 0.2) is 0 Å². The van der Waals surface area contributed by atoms with Gasteiger partial charge in [0.2, 0.25) is 0 Å². The van der Waals surface area contributed by atoms with E-state index in [0.717, 1.165) is 0 Å². The highest BCUT2D eigenvalue weighted by Crippen LogP contribution is 2.20. The quantitative estimate of drug-likeness (QED) is 0.835. The third kappa shape index (κ3) is 6.83. The van der Waals surface area contributed by atoms with Crippen molar-refractivity contribution in [1.29, 1.82) is 0 Å². The van der Waals surface area contributed by atoms with Gasteiger partial charge in [0.05, 0.1) is 0 Å². The van der Waals surface area contributed by atoms with Crippen LogP contribution in [0.4, 0.5) is 18.0 Å². The molecule has 0 aromatic carbocycles. The molecule has 1 rings (SSSR count). The summed E-state index contributed by atoms with van der Waals surface area (Å²) in [7, 11) is 0. The number of hydrogen-bond acceptors (Lipinski definition) is 4. The van der Waals surface area contributed by atoms with Gasteiger partial charge in [0.15, 0.2) is 6.10 Å². The lowest BCUT2D eigenvalue weighted by atomic mass is 10.1. The van der Waals surface area contributed by atoms with E-state index >= 15 is 0 Å². The zero-order valence-corrected chi connectivity index (χ0v) is 13.2. The van der Waals surface area contributed by atoms with Crippen LogP contribution in [0, 0.1) is 0 Å². The first kappa shape index (κ1) is 19.0. The molecule has 130 valence electrons. The van der Waals surface area contributed by atoms with E-state index in [-0.39, 0.29) is 6.04 Å². The molecule has 1 amide bonds. The molecule has 2 N–H and O–H groups in total. The van der Waals surface area contributed by atoms with E-state index in [2.05, 4.69) is 5.32 Å². The first-order valence-corrected chi connectivity index (χ1v) is 7.45. The van der Waals surface area contributed by atoms with Gasteiger partial charge in [-0.15, -0.1) is 0 Å². The van der Waals surface area contributed by atoms with E-state index in [1.54, 1.807) is 25.7 Å². The number of carbonyl (C=O) groups excluding carboxylic acids is 1. The molecule has 1 saturated heterocycles. The number of aliphatic hydroxyl groups is 1. The SMILES string of the molecule is CC(C)(C)OC(=O)N1CCCC(NCC(O)C(F)(F)F)CC1. The van der Waals surface area contributed by atoms with Gasteiger partial charge in [-0.25, -0.2) is 4.79 Å². The molecule has 0 spiro atoms. The highest BCUT2D eigenvalue weighted by molar-refractivity contribution is 5.68. The van der Waals surface area contributed by atoms with Crippen LogP contribution in [0.25, 0.3) is 0 Å². The first-order chi connectivity index (χ1) is 9.99. The fraction of sp³-hybridized carbons (Fsp3) is 0.929. The maximum Gasteiger partial charge on any atom is 0.415 e. The predicted octanol–water partition coefficient (Wildman–Crippen LogP) is 2.29.